The number of aromatic nitrogens is 2. The highest BCUT2D eigenvalue weighted by Gasteiger charge is 2.21. The molecule has 1 unspecified atom stereocenters. The van der Waals surface area contributed by atoms with E-state index in [9.17, 15) is 9.59 Å². The summed E-state index contributed by atoms with van der Waals surface area (Å²) in [6.07, 6.45) is 6.16. The van der Waals surface area contributed by atoms with Crippen molar-refractivity contribution in [3.8, 4) is 5.69 Å². The van der Waals surface area contributed by atoms with E-state index in [-0.39, 0.29) is 11.9 Å². The van der Waals surface area contributed by atoms with Crippen molar-refractivity contribution in [2.75, 3.05) is 6.54 Å². The number of hydrogen-bond donors (Lipinski definition) is 3. The molecule has 24 heavy (non-hydrogen) atoms. The molecule has 1 aliphatic rings. The Kier molecular flexibility index (Phi) is 5.10. The number of carbonyl (C=O) groups is 2. The van der Waals surface area contributed by atoms with E-state index in [2.05, 4.69) is 21.0 Å². The lowest BCUT2D eigenvalue weighted by atomic mass is 10.1. The normalized spacial score (nSPS) is 17.7. The largest absolute Gasteiger partial charge is 0.354 e. The molecule has 7 nitrogen and oxygen atoms in total. The summed E-state index contributed by atoms with van der Waals surface area (Å²) in [6.45, 7) is 1.08. The van der Waals surface area contributed by atoms with Crippen LogP contribution < -0.4 is 16.0 Å². The van der Waals surface area contributed by atoms with E-state index in [4.69, 9.17) is 0 Å². The number of nitrogens with zero attached hydrogens (tertiary/aromatic N) is 2. The second-order valence-electron chi connectivity index (χ2n) is 5.78. The molecule has 1 atom stereocenters. The fourth-order valence-corrected chi connectivity index (χ4v) is 2.66. The lowest BCUT2D eigenvalue weighted by molar-refractivity contribution is -0.122. The van der Waals surface area contributed by atoms with E-state index < -0.39 is 6.04 Å². The van der Waals surface area contributed by atoms with Gasteiger partial charge in [-0.05, 0) is 43.0 Å². The average molecular weight is 327 g/mol. The van der Waals surface area contributed by atoms with Crippen LogP contribution in [0.1, 0.15) is 24.8 Å². The Morgan fingerprint density at radius 3 is 2.88 bits per heavy atom. The van der Waals surface area contributed by atoms with Gasteiger partial charge in [0, 0.05) is 25.5 Å². The third-order valence-corrected chi connectivity index (χ3v) is 4.00. The van der Waals surface area contributed by atoms with Crippen molar-refractivity contribution in [3.05, 3.63) is 48.3 Å². The Morgan fingerprint density at radius 2 is 2.12 bits per heavy atom. The first-order chi connectivity index (χ1) is 11.7. The molecule has 0 bridgehead atoms. The molecule has 3 rings (SSSR count). The second kappa shape index (κ2) is 7.63. The van der Waals surface area contributed by atoms with Crippen molar-refractivity contribution in [1.29, 1.82) is 0 Å². The van der Waals surface area contributed by atoms with Crippen molar-refractivity contribution in [1.82, 2.24) is 25.7 Å². The van der Waals surface area contributed by atoms with Crippen LogP contribution in [0.2, 0.25) is 0 Å². The second-order valence-corrected chi connectivity index (χ2v) is 5.78. The van der Waals surface area contributed by atoms with Crippen LogP contribution in [0.25, 0.3) is 5.69 Å². The van der Waals surface area contributed by atoms with Gasteiger partial charge in [0.2, 0.25) is 5.91 Å². The highest BCUT2D eigenvalue weighted by Crippen LogP contribution is 2.09. The lowest BCUT2D eigenvalue weighted by Crippen LogP contribution is -2.48. The summed E-state index contributed by atoms with van der Waals surface area (Å²) in [7, 11) is 0. The number of amides is 3. The number of carbonyl (C=O) groups excluding carboxylic acids is 2. The third-order valence-electron chi connectivity index (χ3n) is 4.00. The maximum absolute atomic E-state index is 12.0. The Morgan fingerprint density at radius 1 is 1.29 bits per heavy atom. The minimum Gasteiger partial charge on any atom is -0.354 e. The number of rotatable bonds is 4. The standard InChI is InChI=1S/C17H21N5O2/c23-16-15(4-1-2-9-18-16)21-17(24)19-12-13-5-7-14(8-6-13)22-11-3-10-20-22/h3,5-8,10-11,15H,1-2,4,9,12H2,(H,18,23)(H2,19,21,24). The maximum Gasteiger partial charge on any atom is 0.315 e. The summed E-state index contributed by atoms with van der Waals surface area (Å²) in [5.41, 5.74) is 1.94. The van der Waals surface area contributed by atoms with Gasteiger partial charge in [-0.2, -0.15) is 5.10 Å². The highest BCUT2D eigenvalue weighted by molar-refractivity contribution is 5.87. The molecule has 126 valence electrons. The van der Waals surface area contributed by atoms with Gasteiger partial charge in [0.1, 0.15) is 6.04 Å². The smallest absolute Gasteiger partial charge is 0.315 e. The predicted octanol–water partition coefficient (Wildman–Crippen LogP) is 1.34. The fourth-order valence-electron chi connectivity index (χ4n) is 2.66. The van der Waals surface area contributed by atoms with Crippen molar-refractivity contribution in [2.45, 2.75) is 31.8 Å². The number of urea groups is 1. The van der Waals surface area contributed by atoms with Crippen LogP contribution in [0, 0.1) is 0 Å². The van der Waals surface area contributed by atoms with Gasteiger partial charge < -0.3 is 16.0 Å². The van der Waals surface area contributed by atoms with Crippen LogP contribution in [0.15, 0.2) is 42.7 Å². The Hall–Kier alpha value is -2.83. The first kappa shape index (κ1) is 16.0. The zero-order valence-corrected chi connectivity index (χ0v) is 13.4. The Balaban J connectivity index is 1.50. The summed E-state index contributed by atoms with van der Waals surface area (Å²) < 4.78 is 1.77. The van der Waals surface area contributed by atoms with Crippen LogP contribution in [0.4, 0.5) is 4.79 Å². The van der Waals surface area contributed by atoms with Crippen molar-refractivity contribution >= 4 is 11.9 Å². The van der Waals surface area contributed by atoms with Crippen molar-refractivity contribution in [2.24, 2.45) is 0 Å². The van der Waals surface area contributed by atoms with E-state index >= 15 is 0 Å². The molecule has 3 amide bonds. The molecule has 1 fully saturated rings. The average Bonchev–Trinajstić information content (AvgIpc) is 3.06. The van der Waals surface area contributed by atoms with Crippen LogP contribution in [-0.2, 0) is 11.3 Å². The zero-order valence-electron chi connectivity index (χ0n) is 13.4. The number of hydrogen-bond acceptors (Lipinski definition) is 3. The van der Waals surface area contributed by atoms with Gasteiger partial charge in [-0.3, -0.25) is 4.79 Å². The van der Waals surface area contributed by atoms with E-state index in [1.54, 1.807) is 10.9 Å². The van der Waals surface area contributed by atoms with Crippen LogP contribution in [0.3, 0.4) is 0 Å². The minimum absolute atomic E-state index is 0.105. The summed E-state index contributed by atoms with van der Waals surface area (Å²) in [4.78, 5) is 23.8. The summed E-state index contributed by atoms with van der Waals surface area (Å²) in [5, 5.41) is 12.5. The predicted molar refractivity (Wildman–Crippen MR) is 89.6 cm³/mol. The first-order valence-electron chi connectivity index (χ1n) is 8.13. The molecule has 0 aliphatic carbocycles. The van der Waals surface area contributed by atoms with E-state index in [0.717, 1.165) is 24.1 Å². The highest BCUT2D eigenvalue weighted by atomic mass is 16.2. The SMILES string of the molecule is O=C(NCc1ccc(-n2cccn2)cc1)NC1CCCCNC1=O. The van der Waals surface area contributed by atoms with Gasteiger partial charge in [0.05, 0.1) is 5.69 Å². The van der Waals surface area contributed by atoms with Gasteiger partial charge >= 0.3 is 6.03 Å². The molecule has 1 aromatic carbocycles. The molecule has 1 saturated heterocycles. The van der Waals surface area contributed by atoms with E-state index in [1.807, 2.05) is 36.5 Å². The van der Waals surface area contributed by atoms with Gasteiger partial charge in [-0.15, -0.1) is 0 Å². The van der Waals surface area contributed by atoms with Gasteiger partial charge in [-0.25, -0.2) is 9.48 Å². The summed E-state index contributed by atoms with van der Waals surface area (Å²) in [6, 6.07) is 8.86. The van der Waals surface area contributed by atoms with Crippen LogP contribution in [-0.4, -0.2) is 34.3 Å². The van der Waals surface area contributed by atoms with E-state index in [1.165, 1.54) is 0 Å². The molecule has 2 aromatic rings. The first-order valence-corrected chi connectivity index (χ1v) is 8.13. The molecule has 7 heteroatoms. The Labute approximate surface area is 140 Å². The molecule has 0 spiro atoms. The number of nitrogens with one attached hydrogen (secondary N) is 3. The summed E-state index contributed by atoms with van der Waals surface area (Å²) >= 11 is 0. The van der Waals surface area contributed by atoms with Gasteiger partial charge in [0.15, 0.2) is 0 Å². The Bertz CT molecular complexity index is 682. The molecular formula is C17H21N5O2. The molecule has 0 radical (unpaired) electrons. The molecular weight excluding hydrogens is 306 g/mol. The quantitative estimate of drug-likeness (QED) is 0.792. The molecule has 1 aromatic heterocycles. The van der Waals surface area contributed by atoms with Gasteiger partial charge in [-0.1, -0.05) is 12.1 Å². The van der Waals surface area contributed by atoms with Crippen molar-refractivity contribution in [3.63, 3.8) is 0 Å². The van der Waals surface area contributed by atoms with Crippen LogP contribution >= 0.6 is 0 Å². The minimum atomic E-state index is -0.449. The fraction of sp³-hybridized carbons (Fsp3) is 0.353. The summed E-state index contributed by atoms with van der Waals surface area (Å²) in [5.74, 6) is -0.105. The lowest BCUT2D eigenvalue weighted by Gasteiger charge is -2.15. The third kappa shape index (κ3) is 4.13. The molecule has 2 heterocycles. The number of benzene rings is 1. The topological polar surface area (TPSA) is 88.1 Å². The van der Waals surface area contributed by atoms with Crippen molar-refractivity contribution < 1.29 is 9.59 Å². The van der Waals surface area contributed by atoms with Gasteiger partial charge in [0.25, 0.3) is 0 Å². The molecule has 0 saturated carbocycles. The van der Waals surface area contributed by atoms with E-state index in [0.29, 0.717) is 19.5 Å². The molecule has 1 aliphatic heterocycles. The van der Waals surface area contributed by atoms with Crippen LogP contribution in [0.5, 0.6) is 0 Å². The maximum atomic E-state index is 12.0. The molecule has 3 N–H and O–H groups in total. The monoisotopic (exact) mass is 327 g/mol. The zero-order chi connectivity index (χ0) is 16.8.